The van der Waals surface area contributed by atoms with Crippen molar-refractivity contribution in [2.45, 2.75) is 90.5 Å². The molecule has 0 unspecified atom stereocenters. The first-order chi connectivity index (χ1) is 15.9. The molecule has 1 aliphatic rings. The molecule has 1 aromatic carbocycles. The highest BCUT2D eigenvalue weighted by molar-refractivity contribution is 6.74. The van der Waals surface area contributed by atoms with Crippen LogP contribution in [0.25, 0.3) is 10.9 Å². The first kappa shape index (κ1) is 26.8. The van der Waals surface area contributed by atoms with Gasteiger partial charge in [0.1, 0.15) is 6.04 Å². The van der Waals surface area contributed by atoms with Crippen molar-refractivity contribution in [2.24, 2.45) is 5.92 Å². The Hall–Kier alpha value is -1.83. The molecule has 1 aromatic heterocycles. The Labute approximate surface area is 206 Å². The second kappa shape index (κ2) is 10.4. The molecule has 0 fully saturated rings. The van der Waals surface area contributed by atoms with Crippen LogP contribution < -0.4 is 10.2 Å². The molecular weight excluding hydrogens is 442 g/mol. The van der Waals surface area contributed by atoms with Gasteiger partial charge in [-0.3, -0.25) is 4.79 Å². The first-order valence-corrected chi connectivity index (χ1v) is 15.7. The highest BCUT2D eigenvalue weighted by Crippen LogP contribution is 2.37. The lowest BCUT2D eigenvalue weighted by Crippen LogP contribution is -2.52. The number of aromatic amines is 1. The molecule has 2 heterocycles. The van der Waals surface area contributed by atoms with E-state index >= 15 is 0 Å². The number of hydrogen-bond donors (Lipinski definition) is 3. The number of aromatic nitrogens is 1. The number of aliphatic hydroxyl groups is 1. The monoisotopic (exact) mass is 487 g/mol. The van der Waals surface area contributed by atoms with Crippen molar-refractivity contribution in [3.63, 3.8) is 0 Å². The van der Waals surface area contributed by atoms with E-state index in [1.165, 1.54) is 10.9 Å². The highest BCUT2D eigenvalue weighted by Gasteiger charge is 2.37. The van der Waals surface area contributed by atoms with Crippen LogP contribution >= 0.6 is 0 Å². The Balaban J connectivity index is 1.83. The minimum atomic E-state index is -1.70. The number of aliphatic hydroxyl groups excluding tert-OH is 1. The summed E-state index contributed by atoms with van der Waals surface area (Å²) in [6.45, 7) is 16.3. The van der Waals surface area contributed by atoms with Gasteiger partial charge in [-0.2, -0.15) is 0 Å². The fraction of sp³-hybridized carbons (Fsp3) is 0.667. The Bertz CT molecular complexity index is 993. The fourth-order valence-electron chi connectivity index (χ4n) is 4.77. The van der Waals surface area contributed by atoms with Crippen LogP contribution in [0.15, 0.2) is 18.3 Å². The topological polar surface area (TPSA) is 77.6 Å². The van der Waals surface area contributed by atoms with Gasteiger partial charge < -0.3 is 24.7 Å². The number of anilines is 1. The standard InChI is InChI=1S/C27H45N3O3Si/c1-18(2)25-26(32)29-21(17-31)15-20-16-28-24-19(12-13-22(23(20)24)30(25)6)11-9-10-14-33-34(7,8)27(3,4)5/h12-13,16,18,21,25,28,31H,9-11,14-15,17H2,1-8H3,(H,29,32)/t21-,25-/m0/s1. The van der Waals surface area contributed by atoms with E-state index in [0.717, 1.165) is 42.6 Å². The summed E-state index contributed by atoms with van der Waals surface area (Å²) < 4.78 is 6.36. The summed E-state index contributed by atoms with van der Waals surface area (Å²) in [6, 6.07) is 3.79. The number of carbonyl (C=O) groups excluding carboxylic acids is 1. The van der Waals surface area contributed by atoms with E-state index in [1.807, 2.05) is 7.05 Å². The molecule has 7 heteroatoms. The Morgan fingerprint density at radius 3 is 2.56 bits per heavy atom. The molecular formula is C27H45N3O3Si. The van der Waals surface area contributed by atoms with Crippen molar-refractivity contribution in [1.82, 2.24) is 10.3 Å². The van der Waals surface area contributed by atoms with E-state index in [1.54, 1.807) is 0 Å². The van der Waals surface area contributed by atoms with Crippen molar-refractivity contribution in [3.8, 4) is 0 Å². The molecule has 3 rings (SSSR count). The number of benzene rings is 1. The lowest BCUT2D eigenvalue weighted by atomic mass is 9.98. The van der Waals surface area contributed by atoms with Crippen LogP contribution in [0.5, 0.6) is 0 Å². The summed E-state index contributed by atoms with van der Waals surface area (Å²) in [7, 11) is 0.307. The molecule has 0 spiro atoms. The van der Waals surface area contributed by atoms with Gasteiger partial charge >= 0.3 is 0 Å². The van der Waals surface area contributed by atoms with Crippen LogP contribution in [0.3, 0.4) is 0 Å². The number of rotatable bonds is 8. The lowest BCUT2D eigenvalue weighted by molar-refractivity contribution is -0.124. The predicted octanol–water partition coefficient (Wildman–Crippen LogP) is 5.01. The number of aryl methyl sites for hydroxylation is 1. The van der Waals surface area contributed by atoms with E-state index in [-0.39, 0.29) is 35.6 Å². The molecule has 6 nitrogen and oxygen atoms in total. The molecule has 2 atom stereocenters. The minimum Gasteiger partial charge on any atom is -0.417 e. The Morgan fingerprint density at radius 2 is 1.94 bits per heavy atom. The number of likely N-dealkylation sites (N-methyl/N-ethyl adjacent to an activating group) is 1. The van der Waals surface area contributed by atoms with Gasteiger partial charge in [-0.1, -0.05) is 40.7 Å². The molecule has 1 amide bonds. The maximum Gasteiger partial charge on any atom is 0.243 e. The molecule has 0 aliphatic carbocycles. The number of H-pyrrole nitrogens is 1. The number of hydrogen-bond acceptors (Lipinski definition) is 4. The number of unbranched alkanes of at least 4 members (excludes halogenated alkanes) is 1. The van der Waals surface area contributed by atoms with Gasteiger partial charge in [0.25, 0.3) is 0 Å². The van der Waals surface area contributed by atoms with Gasteiger partial charge in [0.05, 0.1) is 18.2 Å². The number of nitrogens with zero attached hydrogens (tertiary/aromatic N) is 1. The Morgan fingerprint density at radius 1 is 1.24 bits per heavy atom. The molecule has 0 saturated carbocycles. The molecule has 34 heavy (non-hydrogen) atoms. The molecule has 190 valence electrons. The van der Waals surface area contributed by atoms with E-state index in [9.17, 15) is 9.90 Å². The molecule has 2 aromatic rings. The third kappa shape index (κ3) is 5.52. The molecule has 1 aliphatic heterocycles. The van der Waals surface area contributed by atoms with Crippen LogP contribution in [-0.2, 0) is 22.1 Å². The normalized spacial score (nSPS) is 19.8. The van der Waals surface area contributed by atoms with Crippen LogP contribution in [-0.4, -0.2) is 56.7 Å². The largest absolute Gasteiger partial charge is 0.417 e. The zero-order valence-corrected chi connectivity index (χ0v) is 23.4. The second-order valence-electron chi connectivity index (χ2n) is 11.8. The number of amides is 1. The fourth-order valence-corrected chi connectivity index (χ4v) is 5.86. The molecule has 0 bridgehead atoms. The molecule has 0 radical (unpaired) electrons. The van der Waals surface area contributed by atoms with Gasteiger partial charge in [-0.05, 0) is 66.9 Å². The predicted molar refractivity (Wildman–Crippen MR) is 144 cm³/mol. The van der Waals surface area contributed by atoms with Crippen LogP contribution in [0, 0.1) is 5.92 Å². The third-order valence-electron chi connectivity index (χ3n) is 7.82. The highest BCUT2D eigenvalue weighted by atomic mass is 28.4. The zero-order valence-electron chi connectivity index (χ0n) is 22.4. The van der Waals surface area contributed by atoms with Gasteiger partial charge in [0.2, 0.25) is 5.91 Å². The van der Waals surface area contributed by atoms with Crippen molar-refractivity contribution in [2.75, 3.05) is 25.2 Å². The summed E-state index contributed by atoms with van der Waals surface area (Å²) in [5.74, 6) is 0.116. The smallest absolute Gasteiger partial charge is 0.243 e. The molecule has 0 saturated heterocycles. The average Bonchev–Trinajstić information content (AvgIpc) is 3.16. The van der Waals surface area contributed by atoms with Crippen LogP contribution in [0.4, 0.5) is 5.69 Å². The summed E-state index contributed by atoms with van der Waals surface area (Å²) in [4.78, 5) is 18.7. The van der Waals surface area contributed by atoms with Crippen molar-refractivity contribution >= 4 is 30.8 Å². The van der Waals surface area contributed by atoms with Gasteiger partial charge in [-0.25, -0.2) is 0 Å². The molecule has 3 N–H and O–H groups in total. The maximum atomic E-state index is 13.1. The lowest BCUT2D eigenvalue weighted by Gasteiger charge is -2.36. The SMILES string of the molecule is CC(C)[C@H]1C(=O)N[C@H](CO)Cc2c[nH]c3c(CCCCO[Si](C)(C)C(C)(C)C)ccc(c23)N1C. The average molecular weight is 488 g/mol. The first-order valence-electron chi connectivity index (χ1n) is 12.8. The van der Waals surface area contributed by atoms with Crippen LogP contribution in [0.2, 0.25) is 18.1 Å². The second-order valence-corrected chi connectivity index (χ2v) is 16.6. The van der Waals surface area contributed by atoms with E-state index in [0.29, 0.717) is 6.42 Å². The van der Waals surface area contributed by atoms with E-state index in [2.05, 4.69) is 81.2 Å². The number of carbonyl (C=O) groups is 1. The number of nitrogens with one attached hydrogen (secondary N) is 2. The van der Waals surface area contributed by atoms with Crippen molar-refractivity contribution in [1.29, 1.82) is 0 Å². The minimum absolute atomic E-state index is 0.0235. The van der Waals surface area contributed by atoms with Crippen molar-refractivity contribution < 1.29 is 14.3 Å². The summed E-state index contributed by atoms with van der Waals surface area (Å²) in [5.41, 5.74) is 4.66. The van der Waals surface area contributed by atoms with Crippen molar-refractivity contribution in [3.05, 3.63) is 29.5 Å². The quantitative estimate of drug-likeness (QED) is 0.361. The maximum absolute atomic E-state index is 13.1. The third-order valence-corrected chi connectivity index (χ3v) is 12.4. The van der Waals surface area contributed by atoms with Gasteiger partial charge in [-0.15, -0.1) is 0 Å². The summed E-state index contributed by atoms with van der Waals surface area (Å²) >= 11 is 0. The van der Waals surface area contributed by atoms with E-state index < -0.39 is 8.32 Å². The van der Waals surface area contributed by atoms with E-state index in [4.69, 9.17) is 4.43 Å². The Kier molecular flexibility index (Phi) is 8.20. The summed E-state index contributed by atoms with van der Waals surface area (Å²) in [5, 5.41) is 14.4. The van der Waals surface area contributed by atoms with Crippen LogP contribution in [0.1, 0.15) is 58.6 Å². The van der Waals surface area contributed by atoms with Gasteiger partial charge in [0.15, 0.2) is 8.32 Å². The summed E-state index contributed by atoms with van der Waals surface area (Å²) in [6.07, 6.45) is 5.76. The zero-order chi connectivity index (χ0) is 25.3. The van der Waals surface area contributed by atoms with Gasteiger partial charge in [0, 0.05) is 30.9 Å².